The van der Waals surface area contributed by atoms with Crippen LogP contribution in [-0.4, -0.2) is 35.5 Å². The monoisotopic (exact) mass is 548 g/mol. The van der Waals surface area contributed by atoms with Gasteiger partial charge in [0.2, 0.25) is 0 Å². The Morgan fingerprint density at radius 2 is 1.40 bits per heavy atom. The van der Waals surface area contributed by atoms with Crippen LogP contribution >= 0.6 is 11.6 Å². The summed E-state index contributed by atoms with van der Waals surface area (Å²) in [6.45, 7) is 3.08. The van der Waals surface area contributed by atoms with E-state index in [2.05, 4.69) is 41.3 Å². The standard InChI is InChI=1S/C35H33ClN2O2/c36-28-18-16-27(17-19-28)35(40)20-23-37(24-21-35)22-8-14-29-30-11-4-5-13-32(30)34(39)38(25-26-9-2-1-3-10-26)33-15-7-6-12-31(29)33/h1-7,9-19,40H,8,20-25H2. The van der Waals surface area contributed by atoms with Crippen molar-refractivity contribution in [2.75, 3.05) is 24.5 Å². The molecule has 2 aliphatic rings. The molecule has 0 radical (unpaired) electrons. The molecule has 4 nitrogen and oxygen atoms in total. The predicted molar refractivity (Wildman–Crippen MR) is 163 cm³/mol. The van der Waals surface area contributed by atoms with Gasteiger partial charge in [0.25, 0.3) is 5.91 Å². The lowest BCUT2D eigenvalue weighted by Crippen LogP contribution is -2.42. The Kier molecular flexibility index (Phi) is 7.57. The van der Waals surface area contributed by atoms with Crippen LogP contribution in [0.3, 0.4) is 0 Å². The average Bonchev–Trinajstić information content (AvgIpc) is 3.08. The topological polar surface area (TPSA) is 43.8 Å². The number of aliphatic hydroxyl groups is 1. The summed E-state index contributed by atoms with van der Waals surface area (Å²) in [5, 5.41) is 12.0. The molecule has 4 aromatic rings. The Morgan fingerprint density at radius 1 is 0.775 bits per heavy atom. The van der Waals surface area contributed by atoms with Gasteiger partial charge in [-0.2, -0.15) is 0 Å². The maximum Gasteiger partial charge on any atom is 0.259 e. The van der Waals surface area contributed by atoms with Crippen molar-refractivity contribution < 1.29 is 9.90 Å². The second-order valence-corrected chi connectivity index (χ2v) is 11.2. The van der Waals surface area contributed by atoms with E-state index in [4.69, 9.17) is 11.6 Å². The number of nitrogens with zero attached hydrogens (tertiary/aromatic N) is 2. The van der Waals surface area contributed by atoms with Crippen LogP contribution in [0.2, 0.25) is 5.02 Å². The number of halogens is 1. The van der Waals surface area contributed by atoms with Gasteiger partial charge in [0.1, 0.15) is 0 Å². The fraction of sp³-hybridized carbons (Fsp3) is 0.229. The molecule has 0 atom stereocenters. The largest absolute Gasteiger partial charge is 0.385 e. The Morgan fingerprint density at radius 3 is 2.12 bits per heavy atom. The molecule has 1 saturated heterocycles. The van der Waals surface area contributed by atoms with Gasteiger partial charge in [-0.15, -0.1) is 0 Å². The van der Waals surface area contributed by atoms with Crippen LogP contribution in [0.1, 0.15) is 51.9 Å². The summed E-state index contributed by atoms with van der Waals surface area (Å²) >= 11 is 6.05. The number of carbonyl (C=O) groups is 1. The van der Waals surface area contributed by atoms with E-state index < -0.39 is 5.60 Å². The first-order valence-electron chi connectivity index (χ1n) is 14.0. The SMILES string of the molecule is O=C1c2ccccc2C(=CCCN2CCC(O)(c3ccc(Cl)cc3)CC2)c2ccccc2N1Cc1ccccc1. The first-order chi connectivity index (χ1) is 19.5. The lowest BCUT2D eigenvalue weighted by molar-refractivity contribution is -0.0254. The molecule has 6 rings (SSSR count). The number of carbonyl (C=O) groups excluding carboxylic acids is 1. The van der Waals surface area contributed by atoms with Crippen LogP contribution in [0, 0.1) is 0 Å². The number of piperidine rings is 1. The number of fused-ring (bicyclic) bond motifs is 2. The van der Waals surface area contributed by atoms with E-state index in [1.54, 1.807) is 0 Å². The first kappa shape index (κ1) is 26.5. The van der Waals surface area contributed by atoms with E-state index in [9.17, 15) is 9.90 Å². The van der Waals surface area contributed by atoms with E-state index in [0.717, 1.165) is 65.1 Å². The maximum atomic E-state index is 13.9. The van der Waals surface area contributed by atoms with Gasteiger partial charge in [-0.1, -0.05) is 96.5 Å². The van der Waals surface area contributed by atoms with Crippen LogP contribution in [0.5, 0.6) is 0 Å². The molecule has 0 unspecified atom stereocenters. The van der Waals surface area contributed by atoms with E-state index in [1.165, 1.54) is 0 Å². The summed E-state index contributed by atoms with van der Waals surface area (Å²) in [6.07, 6.45) is 4.53. The molecule has 0 bridgehead atoms. The highest BCUT2D eigenvalue weighted by Crippen LogP contribution is 2.39. The number of rotatable bonds is 6. The average molecular weight is 549 g/mol. The van der Waals surface area contributed by atoms with Gasteiger partial charge in [0.05, 0.1) is 17.8 Å². The zero-order valence-corrected chi connectivity index (χ0v) is 23.2. The fourth-order valence-electron chi connectivity index (χ4n) is 5.97. The fourth-order valence-corrected chi connectivity index (χ4v) is 6.10. The van der Waals surface area contributed by atoms with Crippen molar-refractivity contribution in [2.45, 2.75) is 31.4 Å². The Hall–Kier alpha value is -3.70. The molecule has 1 fully saturated rings. The predicted octanol–water partition coefficient (Wildman–Crippen LogP) is 7.31. The van der Waals surface area contributed by atoms with Crippen molar-refractivity contribution in [3.8, 4) is 0 Å². The molecule has 0 aliphatic carbocycles. The molecule has 40 heavy (non-hydrogen) atoms. The Balaban J connectivity index is 1.24. The van der Waals surface area contributed by atoms with Crippen molar-refractivity contribution in [1.29, 1.82) is 0 Å². The van der Waals surface area contributed by atoms with Crippen molar-refractivity contribution in [3.05, 3.63) is 142 Å². The van der Waals surface area contributed by atoms with E-state index in [1.807, 2.05) is 77.7 Å². The van der Waals surface area contributed by atoms with Gasteiger partial charge in [-0.05, 0) is 65.8 Å². The number of anilines is 1. The molecular weight excluding hydrogens is 516 g/mol. The molecule has 5 heteroatoms. The van der Waals surface area contributed by atoms with Gasteiger partial charge >= 0.3 is 0 Å². The summed E-state index contributed by atoms with van der Waals surface area (Å²) in [4.78, 5) is 18.3. The van der Waals surface area contributed by atoms with E-state index >= 15 is 0 Å². The van der Waals surface area contributed by atoms with Crippen LogP contribution in [0.15, 0.2) is 109 Å². The quantitative estimate of drug-likeness (QED) is 0.275. The number of benzene rings is 4. The summed E-state index contributed by atoms with van der Waals surface area (Å²) in [6, 6.07) is 33.9. The van der Waals surface area contributed by atoms with Gasteiger partial charge in [0, 0.05) is 35.8 Å². The molecule has 2 heterocycles. The van der Waals surface area contributed by atoms with Crippen LogP contribution in [0.25, 0.3) is 5.57 Å². The maximum absolute atomic E-state index is 13.9. The zero-order chi connectivity index (χ0) is 27.5. The minimum absolute atomic E-state index is 0.0211. The number of hydrogen-bond acceptors (Lipinski definition) is 3. The third-order valence-electron chi connectivity index (χ3n) is 8.22. The molecule has 1 amide bonds. The molecule has 0 saturated carbocycles. The lowest BCUT2D eigenvalue weighted by Gasteiger charge is -2.38. The first-order valence-corrected chi connectivity index (χ1v) is 14.4. The summed E-state index contributed by atoms with van der Waals surface area (Å²) in [5.41, 5.74) is 6.05. The van der Waals surface area contributed by atoms with Crippen LogP contribution in [-0.2, 0) is 12.1 Å². The van der Waals surface area contributed by atoms with Gasteiger partial charge in [-0.25, -0.2) is 0 Å². The summed E-state index contributed by atoms with van der Waals surface area (Å²) in [7, 11) is 0. The molecular formula is C35H33ClN2O2. The van der Waals surface area contributed by atoms with Crippen molar-refractivity contribution >= 4 is 28.8 Å². The van der Waals surface area contributed by atoms with Crippen LogP contribution < -0.4 is 4.90 Å². The molecule has 4 aromatic carbocycles. The van der Waals surface area contributed by atoms with Crippen molar-refractivity contribution in [2.24, 2.45) is 0 Å². The minimum Gasteiger partial charge on any atom is -0.385 e. The van der Waals surface area contributed by atoms with Gasteiger partial charge in [0.15, 0.2) is 0 Å². The highest BCUT2D eigenvalue weighted by molar-refractivity contribution is 6.30. The highest BCUT2D eigenvalue weighted by Gasteiger charge is 2.34. The lowest BCUT2D eigenvalue weighted by atomic mass is 9.84. The Bertz CT molecular complexity index is 1520. The van der Waals surface area contributed by atoms with Gasteiger partial charge in [-0.3, -0.25) is 4.79 Å². The molecule has 202 valence electrons. The second-order valence-electron chi connectivity index (χ2n) is 10.7. The third-order valence-corrected chi connectivity index (χ3v) is 8.47. The minimum atomic E-state index is -0.804. The summed E-state index contributed by atoms with van der Waals surface area (Å²) in [5.74, 6) is 0.0211. The van der Waals surface area contributed by atoms with Crippen molar-refractivity contribution in [1.82, 2.24) is 4.90 Å². The summed E-state index contributed by atoms with van der Waals surface area (Å²) < 4.78 is 0. The van der Waals surface area contributed by atoms with E-state index in [0.29, 0.717) is 24.4 Å². The third kappa shape index (κ3) is 5.35. The molecule has 0 spiro atoms. The smallest absolute Gasteiger partial charge is 0.259 e. The van der Waals surface area contributed by atoms with Crippen molar-refractivity contribution in [3.63, 3.8) is 0 Å². The molecule has 0 aromatic heterocycles. The second kappa shape index (κ2) is 11.4. The molecule has 2 aliphatic heterocycles. The van der Waals surface area contributed by atoms with Crippen LogP contribution in [0.4, 0.5) is 5.69 Å². The highest BCUT2D eigenvalue weighted by atomic mass is 35.5. The Labute approximate surface area is 241 Å². The van der Waals surface area contributed by atoms with Gasteiger partial charge < -0.3 is 14.9 Å². The zero-order valence-electron chi connectivity index (χ0n) is 22.5. The number of likely N-dealkylation sites (tertiary alicyclic amines) is 1. The normalized spacial score (nSPS) is 17.8. The van der Waals surface area contributed by atoms with E-state index in [-0.39, 0.29) is 5.91 Å². The number of hydrogen-bond donors (Lipinski definition) is 1. The number of para-hydroxylation sites is 1. The number of amides is 1. The molecule has 1 N–H and O–H groups in total.